The molecule has 0 aromatic heterocycles. The van der Waals surface area contributed by atoms with Crippen LogP contribution in [0.15, 0.2) is 77.3 Å². The van der Waals surface area contributed by atoms with Crippen molar-refractivity contribution in [3.8, 4) is 0 Å². The first-order valence-corrected chi connectivity index (χ1v) is 14.4. The minimum absolute atomic E-state index is 0.207. The van der Waals surface area contributed by atoms with Crippen molar-refractivity contribution in [3.05, 3.63) is 94.0 Å². The van der Waals surface area contributed by atoms with Crippen molar-refractivity contribution in [2.24, 2.45) is 5.92 Å². The van der Waals surface area contributed by atoms with Crippen molar-refractivity contribution in [3.63, 3.8) is 0 Å². The minimum Gasteiger partial charge on any atom is -0.443 e. The quantitative estimate of drug-likeness (QED) is 0.299. The van der Waals surface area contributed by atoms with Gasteiger partial charge in [0.25, 0.3) is 5.91 Å². The molecule has 41 heavy (non-hydrogen) atoms. The van der Waals surface area contributed by atoms with Gasteiger partial charge in [0, 0.05) is 16.5 Å². The van der Waals surface area contributed by atoms with E-state index in [4.69, 9.17) is 4.74 Å². The first-order chi connectivity index (χ1) is 19.2. The lowest BCUT2D eigenvalue weighted by atomic mass is 9.65. The number of hydrogen-bond donors (Lipinski definition) is 0. The molecule has 8 heteroatoms. The lowest BCUT2D eigenvalue weighted by Crippen LogP contribution is -2.51. The number of imide groups is 2. The summed E-state index contributed by atoms with van der Waals surface area (Å²) in [5.41, 5.74) is -0.247. The number of halogens is 1. The van der Waals surface area contributed by atoms with E-state index in [0.29, 0.717) is 27.0 Å². The molecule has 1 fully saturated rings. The average molecular weight is 618 g/mol. The van der Waals surface area contributed by atoms with Crippen LogP contribution in [-0.4, -0.2) is 29.4 Å². The minimum atomic E-state index is -1.66. The first-order valence-electron chi connectivity index (χ1n) is 13.6. The molecule has 0 radical (unpaired) electrons. The molecule has 7 nitrogen and oxygen atoms in total. The Labute approximate surface area is 248 Å². The standard InChI is InChI=1S/C33H33BrN2O5/c1-31(2,3)21-15-10-11-17-24(21)35-26(37)19-22(28(35)38)33(20-13-8-7-9-14-20)27-23(34)16-12-18-25(27)36(29(33)39)30(40)41-32(4,5)6/h7-18,22H,19H2,1-6H3/t22-,33+/m1/s1. The molecule has 2 heterocycles. The van der Waals surface area contributed by atoms with Gasteiger partial charge in [0.2, 0.25) is 11.8 Å². The van der Waals surface area contributed by atoms with Crippen LogP contribution in [0, 0.1) is 5.92 Å². The van der Waals surface area contributed by atoms with Gasteiger partial charge in [-0.15, -0.1) is 0 Å². The number of hydrogen-bond acceptors (Lipinski definition) is 5. The summed E-state index contributed by atoms with van der Waals surface area (Å²) in [6, 6.07) is 21.4. The van der Waals surface area contributed by atoms with Crippen LogP contribution in [0.3, 0.4) is 0 Å². The Morgan fingerprint density at radius 1 is 0.854 bits per heavy atom. The molecule has 3 aromatic carbocycles. The molecule has 0 unspecified atom stereocenters. The van der Waals surface area contributed by atoms with E-state index in [-0.39, 0.29) is 11.8 Å². The number of carbonyl (C=O) groups is 4. The van der Waals surface area contributed by atoms with Crippen LogP contribution in [0.1, 0.15) is 64.7 Å². The van der Waals surface area contributed by atoms with Crippen LogP contribution in [0.5, 0.6) is 0 Å². The summed E-state index contributed by atoms with van der Waals surface area (Å²) in [5, 5.41) is 0. The van der Waals surface area contributed by atoms with E-state index in [2.05, 4.69) is 15.9 Å². The number of anilines is 2. The highest BCUT2D eigenvalue weighted by molar-refractivity contribution is 9.10. The molecule has 2 aliphatic rings. The van der Waals surface area contributed by atoms with Crippen LogP contribution in [0.4, 0.5) is 16.2 Å². The van der Waals surface area contributed by atoms with E-state index >= 15 is 0 Å². The van der Waals surface area contributed by atoms with Gasteiger partial charge in [-0.25, -0.2) is 14.6 Å². The Morgan fingerprint density at radius 3 is 2.10 bits per heavy atom. The molecular formula is C33H33BrN2O5. The van der Waals surface area contributed by atoms with E-state index in [0.717, 1.165) is 10.5 Å². The number of para-hydroxylation sites is 1. The van der Waals surface area contributed by atoms with Crippen LogP contribution in [-0.2, 0) is 30.0 Å². The third-order valence-electron chi connectivity index (χ3n) is 7.59. The summed E-state index contributed by atoms with van der Waals surface area (Å²) < 4.78 is 6.21. The van der Waals surface area contributed by atoms with Crippen molar-refractivity contribution in [2.45, 2.75) is 64.4 Å². The van der Waals surface area contributed by atoms with E-state index in [1.807, 2.05) is 39.0 Å². The summed E-state index contributed by atoms with van der Waals surface area (Å²) in [4.78, 5) is 58.9. The Bertz CT molecular complexity index is 1570. The van der Waals surface area contributed by atoms with Crippen molar-refractivity contribution >= 4 is 51.1 Å². The fourth-order valence-electron chi connectivity index (χ4n) is 5.99. The molecule has 212 valence electrons. The molecule has 2 atom stereocenters. The molecule has 5 rings (SSSR count). The largest absolute Gasteiger partial charge is 0.443 e. The van der Waals surface area contributed by atoms with E-state index in [9.17, 15) is 19.2 Å². The van der Waals surface area contributed by atoms with Crippen molar-refractivity contribution in [2.75, 3.05) is 9.80 Å². The third kappa shape index (κ3) is 4.58. The highest BCUT2D eigenvalue weighted by atomic mass is 79.9. The maximum atomic E-state index is 14.8. The van der Waals surface area contributed by atoms with Gasteiger partial charge in [0.05, 0.1) is 17.3 Å². The van der Waals surface area contributed by atoms with Gasteiger partial charge in [-0.1, -0.05) is 91.3 Å². The monoisotopic (exact) mass is 616 g/mol. The Kier molecular flexibility index (Phi) is 6.97. The predicted octanol–water partition coefficient (Wildman–Crippen LogP) is 6.89. The van der Waals surface area contributed by atoms with Gasteiger partial charge < -0.3 is 4.74 Å². The van der Waals surface area contributed by atoms with Crippen LogP contribution >= 0.6 is 15.9 Å². The summed E-state index contributed by atoms with van der Waals surface area (Å²) in [7, 11) is 0. The molecule has 0 aliphatic carbocycles. The van der Waals surface area contributed by atoms with Crippen LogP contribution in [0.25, 0.3) is 0 Å². The second kappa shape index (κ2) is 9.94. The van der Waals surface area contributed by atoms with Crippen LogP contribution in [0.2, 0.25) is 0 Å². The van der Waals surface area contributed by atoms with Gasteiger partial charge in [0.15, 0.2) is 0 Å². The molecule has 0 N–H and O–H groups in total. The fraction of sp³-hybridized carbons (Fsp3) is 0.333. The Morgan fingerprint density at radius 2 is 1.46 bits per heavy atom. The van der Waals surface area contributed by atoms with Gasteiger partial charge >= 0.3 is 6.09 Å². The first kappa shape index (κ1) is 28.7. The number of carbonyl (C=O) groups excluding carboxylic acids is 4. The molecule has 2 aliphatic heterocycles. The highest BCUT2D eigenvalue weighted by Gasteiger charge is 2.65. The summed E-state index contributed by atoms with van der Waals surface area (Å²) in [5.74, 6) is -2.62. The normalized spacial score (nSPS) is 21.0. The topological polar surface area (TPSA) is 84.0 Å². The summed E-state index contributed by atoms with van der Waals surface area (Å²) in [6.07, 6.45) is -1.05. The SMILES string of the molecule is CC(C)(C)OC(=O)N1C(=O)[C@@](c2ccccc2)([C@@H]2CC(=O)N(c3ccccc3C(C)(C)C)C2=O)c2c(Br)cccc21. The van der Waals surface area contributed by atoms with Gasteiger partial charge in [-0.2, -0.15) is 0 Å². The lowest BCUT2D eigenvalue weighted by Gasteiger charge is -2.34. The van der Waals surface area contributed by atoms with Gasteiger partial charge in [-0.3, -0.25) is 14.4 Å². The molecule has 4 amide bonds. The fourth-order valence-corrected chi connectivity index (χ4v) is 6.66. The van der Waals surface area contributed by atoms with E-state index in [1.54, 1.807) is 75.4 Å². The van der Waals surface area contributed by atoms with Gasteiger partial charge in [0.1, 0.15) is 11.0 Å². The third-order valence-corrected chi connectivity index (χ3v) is 8.26. The number of rotatable bonds is 3. The molecular weight excluding hydrogens is 584 g/mol. The van der Waals surface area contributed by atoms with Crippen molar-refractivity contribution in [1.82, 2.24) is 0 Å². The van der Waals surface area contributed by atoms with E-state index < -0.39 is 40.7 Å². The zero-order valence-corrected chi connectivity index (χ0v) is 25.6. The molecule has 0 spiro atoms. The van der Waals surface area contributed by atoms with Crippen LogP contribution < -0.4 is 9.80 Å². The second-order valence-electron chi connectivity index (χ2n) is 12.5. The zero-order chi connectivity index (χ0) is 29.9. The molecule has 3 aromatic rings. The number of nitrogens with zero attached hydrogens (tertiary/aromatic N) is 2. The molecule has 0 bridgehead atoms. The maximum absolute atomic E-state index is 14.8. The number of amides is 4. The smallest absolute Gasteiger partial charge is 0.421 e. The Hall–Kier alpha value is -3.78. The summed E-state index contributed by atoms with van der Waals surface area (Å²) in [6.45, 7) is 11.2. The summed E-state index contributed by atoms with van der Waals surface area (Å²) >= 11 is 3.62. The number of ether oxygens (including phenoxy) is 1. The van der Waals surface area contributed by atoms with Gasteiger partial charge in [-0.05, 0) is 55.5 Å². The second-order valence-corrected chi connectivity index (χ2v) is 13.4. The molecule has 1 saturated heterocycles. The number of benzene rings is 3. The highest BCUT2D eigenvalue weighted by Crippen LogP contribution is 2.56. The molecule has 0 saturated carbocycles. The average Bonchev–Trinajstić information content (AvgIpc) is 3.33. The predicted molar refractivity (Wildman–Crippen MR) is 161 cm³/mol. The van der Waals surface area contributed by atoms with Crippen molar-refractivity contribution < 1.29 is 23.9 Å². The maximum Gasteiger partial charge on any atom is 0.421 e. The van der Waals surface area contributed by atoms with Crippen molar-refractivity contribution in [1.29, 1.82) is 0 Å². The lowest BCUT2D eigenvalue weighted by molar-refractivity contribution is -0.130. The van der Waals surface area contributed by atoms with E-state index in [1.165, 1.54) is 4.90 Å². The zero-order valence-electron chi connectivity index (χ0n) is 24.0. The Balaban J connectivity index is 1.76. The number of fused-ring (bicyclic) bond motifs is 1.